The minimum Gasteiger partial charge on any atom is -0.455 e. The van der Waals surface area contributed by atoms with Crippen molar-refractivity contribution in [1.29, 1.82) is 0 Å². The first-order valence-electron chi connectivity index (χ1n) is 9.03. The third-order valence-electron chi connectivity index (χ3n) is 3.95. The predicted molar refractivity (Wildman–Crippen MR) is 113 cm³/mol. The fourth-order valence-corrected chi connectivity index (χ4v) is 3.39. The third kappa shape index (κ3) is 6.05. The Morgan fingerprint density at radius 2 is 1.72 bits per heavy atom. The zero-order chi connectivity index (χ0) is 20.6. The molecule has 150 valence electrons. The molecule has 0 aliphatic carbocycles. The van der Waals surface area contributed by atoms with E-state index in [1.54, 1.807) is 11.9 Å². The zero-order valence-electron chi connectivity index (χ0n) is 16.2. The molecule has 2 N–H and O–H groups in total. The van der Waals surface area contributed by atoms with Gasteiger partial charge in [-0.15, -0.1) is 11.3 Å². The molecular formula is C21H22N4O3S. The molecule has 3 rings (SSSR count). The number of anilines is 1. The van der Waals surface area contributed by atoms with Gasteiger partial charge in [0.25, 0.3) is 5.91 Å². The van der Waals surface area contributed by atoms with E-state index in [2.05, 4.69) is 15.8 Å². The highest BCUT2D eigenvalue weighted by Crippen LogP contribution is 2.31. The van der Waals surface area contributed by atoms with Crippen molar-refractivity contribution in [2.24, 2.45) is 0 Å². The summed E-state index contributed by atoms with van der Waals surface area (Å²) >= 11 is 1.42. The number of aromatic nitrogens is 1. The van der Waals surface area contributed by atoms with Gasteiger partial charge < -0.3 is 9.64 Å². The fourth-order valence-electron chi connectivity index (χ4n) is 2.62. The van der Waals surface area contributed by atoms with E-state index < -0.39 is 0 Å². The van der Waals surface area contributed by atoms with Gasteiger partial charge in [0.1, 0.15) is 10.8 Å². The minimum atomic E-state index is -0.342. The summed E-state index contributed by atoms with van der Waals surface area (Å²) in [6, 6.07) is 16.9. The largest absolute Gasteiger partial charge is 0.455 e. The summed E-state index contributed by atoms with van der Waals surface area (Å²) in [6.07, 6.45) is 0.127. The Labute approximate surface area is 173 Å². The number of thiazole rings is 1. The topological polar surface area (TPSA) is 83.6 Å². The number of hydrogen-bond acceptors (Lipinski definition) is 6. The molecule has 0 atom stereocenters. The van der Waals surface area contributed by atoms with Crippen LogP contribution in [0.15, 0.2) is 60.0 Å². The molecule has 0 saturated carbocycles. The summed E-state index contributed by atoms with van der Waals surface area (Å²) in [5.41, 5.74) is 6.49. The molecule has 0 radical (unpaired) electrons. The van der Waals surface area contributed by atoms with Gasteiger partial charge in [-0.3, -0.25) is 20.4 Å². The predicted octanol–water partition coefficient (Wildman–Crippen LogP) is 3.07. The van der Waals surface area contributed by atoms with Crippen molar-refractivity contribution < 1.29 is 14.3 Å². The van der Waals surface area contributed by atoms with Crippen LogP contribution in [0, 0.1) is 6.92 Å². The number of aryl methyl sites for hydroxylation is 1. The number of benzene rings is 2. The first kappa shape index (κ1) is 20.3. The molecule has 3 aromatic rings. The molecular weight excluding hydrogens is 388 g/mol. The van der Waals surface area contributed by atoms with Crippen molar-refractivity contribution in [1.82, 2.24) is 15.8 Å². The van der Waals surface area contributed by atoms with Crippen LogP contribution in [-0.2, 0) is 16.0 Å². The Bertz CT molecular complexity index is 975. The Hall–Kier alpha value is -3.39. The Morgan fingerprint density at radius 1 is 1.03 bits per heavy atom. The molecule has 0 spiro atoms. The number of ether oxygens (including phenoxy) is 1. The summed E-state index contributed by atoms with van der Waals surface area (Å²) < 4.78 is 5.93. The van der Waals surface area contributed by atoms with Gasteiger partial charge >= 0.3 is 0 Å². The average molecular weight is 410 g/mol. The highest BCUT2D eigenvalue weighted by atomic mass is 32.1. The smallest absolute Gasteiger partial charge is 0.257 e. The number of likely N-dealkylation sites (N-methyl/N-ethyl adjacent to an activating group) is 1. The first-order chi connectivity index (χ1) is 14.0. The van der Waals surface area contributed by atoms with E-state index in [0.29, 0.717) is 16.5 Å². The lowest BCUT2D eigenvalue weighted by Crippen LogP contribution is -2.46. The van der Waals surface area contributed by atoms with E-state index in [1.807, 2.05) is 66.9 Å². The van der Waals surface area contributed by atoms with E-state index in [-0.39, 0.29) is 24.8 Å². The normalized spacial score (nSPS) is 10.3. The fraction of sp³-hybridized carbons (Fsp3) is 0.190. The number of carbonyl (C=O) groups excluding carboxylic acids is 2. The Kier molecular flexibility index (Phi) is 6.80. The van der Waals surface area contributed by atoms with Crippen LogP contribution in [0.2, 0.25) is 0 Å². The van der Waals surface area contributed by atoms with Crippen LogP contribution < -0.4 is 20.5 Å². The highest BCUT2D eigenvalue weighted by molar-refractivity contribution is 7.09. The molecule has 1 aromatic heterocycles. The highest BCUT2D eigenvalue weighted by Gasteiger charge is 2.14. The quantitative estimate of drug-likeness (QED) is 0.585. The number of hydrazine groups is 1. The van der Waals surface area contributed by atoms with Crippen molar-refractivity contribution in [3.05, 3.63) is 70.7 Å². The van der Waals surface area contributed by atoms with Crippen molar-refractivity contribution in [3.63, 3.8) is 0 Å². The Balaban J connectivity index is 1.53. The van der Waals surface area contributed by atoms with Crippen LogP contribution >= 0.6 is 11.3 Å². The van der Waals surface area contributed by atoms with Crippen LogP contribution in [0.4, 0.5) is 5.69 Å². The van der Waals surface area contributed by atoms with Gasteiger partial charge in [0, 0.05) is 18.1 Å². The van der Waals surface area contributed by atoms with Crippen molar-refractivity contribution in [3.8, 4) is 11.5 Å². The molecule has 8 heteroatoms. The maximum absolute atomic E-state index is 12.2. The van der Waals surface area contributed by atoms with Gasteiger partial charge in [-0.2, -0.15) is 0 Å². The molecule has 0 unspecified atom stereocenters. The van der Waals surface area contributed by atoms with Gasteiger partial charge in [0.2, 0.25) is 5.91 Å². The third-order valence-corrected chi connectivity index (χ3v) is 4.91. The maximum Gasteiger partial charge on any atom is 0.257 e. The lowest BCUT2D eigenvalue weighted by atomic mass is 10.2. The van der Waals surface area contributed by atoms with E-state index >= 15 is 0 Å². The first-order valence-corrected chi connectivity index (χ1v) is 9.91. The van der Waals surface area contributed by atoms with Crippen molar-refractivity contribution in [2.75, 3.05) is 18.5 Å². The SMILES string of the molecule is Cc1csc(CC(=O)NNC(=O)CN(C)c2ccccc2Oc2ccccc2)n1. The van der Waals surface area contributed by atoms with Crippen molar-refractivity contribution in [2.45, 2.75) is 13.3 Å². The molecule has 29 heavy (non-hydrogen) atoms. The van der Waals surface area contributed by atoms with Gasteiger partial charge in [-0.05, 0) is 31.2 Å². The molecule has 2 amide bonds. The second-order valence-electron chi connectivity index (χ2n) is 6.39. The average Bonchev–Trinajstić information content (AvgIpc) is 3.12. The molecule has 1 heterocycles. The minimum absolute atomic E-state index is 0.0474. The van der Waals surface area contributed by atoms with Crippen LogP contribution in [0.3, 0.4) is 0 Å². The van der Waals surface area contributed by atoms with E-state index in [0.717, 1.165) is 11.4 Å². The molecule has 0 saturated heterocycles. The van der Waals surface area contributed by atoms with E-state index in [9.17, 15) is 9.59 Å². The van der Waals surface area contributed by atoms with Gasteiger partial charge in [0.05, 0.1) is 18.7 Å². The summed E-state index contributed by atoms with van der Waals surface area (Å²) in [6.45, 7) is 1.92. The molecule has 0 aliphatic heterocycles. The number of nitrogens with one attached hydrogen (secondary N) is 2. The second-order valence-corrected chi connectivity index (χ2v) is 7.34. The number of carbonyl (C=O) groups is 2. The zero-order valence-corrected chi connectivity index (χ0v) is 17.0. The van der Waals surface area contributed by atoms with Crippen molar-refractivity contribution >= 4 is 28.8 Å². The number of hydrogen-bond donors (Lipinski definition) is 2. The standard InChI is InChI=1S/C21H22N4O3S/c1-15-14-29-21(22-15)12-19(26)23-24-20(27)13-25(2)17-10-6-7-11-18(17)28-16-8-4-3-5-9-16/h3-11,14H,12-13H2,1-2H3,(H,23,26)(H,24,27). The Morgan fingerprint density at radius 3 is 2.45 bits per heavy atom. The summed E-state index contributed by atoms with van der Waals surface area (Å²) in [7, 11) is 1.78. The van der Waals surface area contributed by atoms with Gasteiger partial charge in [-0.25, -0.2) is 4.98 Å². The molecule has 7 nitrogen and oxygen atoms in total. The van der Waals surface area contributed by atoms with Gasteiger partial charge in [0.15, 0.2) is 5.75 Å². The lowest BCUT2D eigenvalue weighted by Gasteiger charge is -2.21. The van der Waals surface area contributed by atoms with Crippen LogP contribution in [0.1, 0.15) is 10.7 Å². The summed E-state index contributed by atoms with van der Waals surface area (Å²) in [5, 5.41) is 2.59. The maximum atomic E-state index is 12.2. The van der Waals surface area contributed by atoms with E-state index in [1.165, 1.54) is 11.3 Å². The lowest BCUT2D eigenvalue weighted by molar-refractivity contribution is -0.127. The van der Waals surface area contributed by atoms with Crippen LogP contribution in [0.5, 0.6) is 11.5 Å². The number of para-hydroxylation sites is 3. The molecule has 0 fully saturated rings. The summed E-state index contributed by atoms with van der Waals surface area (Å²) in [5.74, 6) is 0.688. The van der Waals surface area contributed by atoms with Crippen LogP contribution in [0.25, 0.3) is 0 Å². The number of nitrogens with zero attached hydrogens (tertiary/aromatic N) is 2. The monoisotopic (exact) mass is 410 g/mol. The second kappa shape index (κ2) is 9.70. The van der Waals surface area contributed by atoms with E-state index in [4.69, 9.17) is 4.74 Å². The molecule has 2 aromatic carbocycles. The van der Waals surface area contributed by atoms with Gasteiger partial charge in [-0.1, -0.05) is 30.3 Å². The number of amides is 2. The molecule has 0 aliphatic rings. The number of rotatable bonds is 7. The van der Waals surface area contributed by atoms with Crippen LogP contribution in [-0.4, -0.2) is 30.4 Å². The molecule has 0 bridgehead atoms. The summed E-state index contributed by atoms with van der Waals surface area (Å²) in [4.78, 5) is 30.2.